The molecule has 0 heterocycles. The van der Waals surface area contributed by atoms with Crippen molar-refractivity contribution in [1.82, 2.24) is 0 Å². The lowest BCUT2D eigenvalue weighted by atomic mass is 10.1. The highest BCUT2D eigenvalue weighted by molar-refractivity contribution is 7.85. The smallest absolute Gasteiger partial charge is 0.175 e. The molecule has 0 saturated heterocycles. The average molecular weight is 276 g/mol. The molecular formula is C15H13FO2S. The standard InChI is InChI=1S/C15H13FO2S/c1-11-4-2-3-5-14(11)15(17)10-19(18)13-8-6-12(16)7-9-13/h2-9H,10H2,1H3. The molecule has 0 aliphatic heterocycles. The molecule has 0 aromatic heterocycles. The van der Waals surface area contributed by atoms with Crippen LogP contribution in [0.3, 0.4) is 0 Å². The van der Waals surface area contributed by atoms with Crippen molar-refractivity contribution in [2.45, 2.75) is 11.8 Å². The number of Topliss-reactive ketones (excluding diaryl/α,β-unsaturated/α-hetero) is 1. The Morgan fingerprint density at radius 1 is 1.11 bits per heavy atom. The largest absolute Gasteiger partial charge is 0.293 e. The van der Waals surface area contributed by atoms with Gasteiger partial charge in [-0.2, -0.15) is 0 Å². The molecule has 0 spiro atoms. The third-order valence-corrected chi connectivity index (χ3v) is 4.11. The van der Waals surface area contributed by atoms with Gasteiger partial charge in [-0.3, -0.25) is 9.00 Å². The Hall–Kier alpha value is -1.81. The monoisotopic (exact) mass is 276 g/mol. The van der Waals surface area contributed by atoms with Gasteiger partial charge < -0.3 is 0 Å². The van der Waals surface area contributed by atoms with Gasteiger partial charge in [0.1, 0.15) is 5.82 Å². The molecule has 0 saturated carbocycles. The second kappa shape index (κ2) is 5.89. The summed E-state index contributed by atoms with van der Waals surface area (Å²) >= 11 is 0. The van der Waals surface area contributed by atoms with E-state index in [4.69, 9.17) is 0 Å². The van der Waals surface area contributed by atoms with Crippen LogP contribution in [0.4, 0.5) is 4.39 Å². The molecule has 2 aromatic rings. The summed E-state index contributed by atoms with van der Waals surface area (Å²) in [7, 11) is -1.45. The van der Waals surface area contributed by atoms with Crippen LogP contribution in [-0.2, 0) is 10.8 Å². The Labute approximate surface area is 113 Å². The van der Waals surface area contributed by atoms with E-state index in [-0.39, 0.29) is 17.4 Å². The van der Waals surface area contributed by atoms with Crippen LogP contribution in [0.2, 0.25) is 0 Å². The fourth-order valence-electron chi connectivity index (χ4n) is 1.75. The maximum absolute atomic E-state index is 12.8. The number of hydrogen-bond donors (Lipinski definition) is 0. The van der Waals surface area contributed by atoms with Crippen LogP contribution in [0.5, 0.6) is 0 Å². The van der Waals surface area contributed by atoms with E-state index in [9.17, 15) is 13.4 Å². The zero-order chi connectivity index (χ0) is 13.8. The molecular weight excluding hydrogens is 263 g/mol. The second-order valence-electron chi connectivity index (χ2n) is 4.18. The van der Waals surface area contributed by atoms with Crippen LogP contribution in [-0.4, -0.2) is 15.7 Å². The van der Waals surface area contributed by atoms with E-state index in [2.05, 4.69) is 0 Å². The van der Waals surface area contributed by atoms with Crippen molar-refractivity contribution in [3.8, 4) is 0 Å². The van der Waals surface area contributed by atoms with Crippen molar-refractivity contribution >= 4 is 16.6 Å². The fourth-order valence-corrected chi connectivity index (χ4v) is 2.75. The molecule has 0 fully saturated rings. The zero-order valence-corrected chi connectivity index (χ0v) is 11.2. The Balaban J connectivity index is 2.13. The van der Waals surface area contributed by atoms with E-state index >= 15 is 0 Å². The van der Waals surface area contributed by atoms with Gasteiger partial charge in [0.05, 0.1) is 16.6 Å². The summed E-state index contributed by atoms with van der Waals surface area (Å²) in [6.45, 7) is 1.84. The number of rotatable bonds is 4. The summed E-state index contributed by atoms with van der Waals surface area (Å²) in [6.07, 6.45) is 0. The summed E-state index contributed by atoms with van der Waals surface area (Å²) in [5, 5.41) is 0. The van der Waals surface area contributed by atoms with Gasteiger partial charge in [0.15, 0.2) is 5.78 Å². The molecule has 0 N–H and O–H groups in total. The highest BCUT2D eigenvalue weighted by atomic mass is 32.2. The first-order chi connectivity index (χ1) is 9.08. The van der Waals surface area contributed by atoms with Gasteiger partial charge in [-0.25, -0.2) is 4.39 Å². The van der Waals surface area contributed by atoms with E-state index in [1.165, 1.54) is 24.3 Å². The lowest BCUT2D eigenvalue weighted by Crippen LogP contribution is -2.12. The maximum Gasteiger partial charge on any atom is 0.175 e. The first-order valence-electron chi connectivity index (χ1n) is 5.80. The van der Waals surface area contributed by atoms with Gasteiger partial charge in [-0.1, -0.05) is 24.3 Å². The second-order valence-corrected chi connectivity index (χ2v) is 5.63. The number of carbonyl (C=O) groups excluding carboxylic acids is 1. The summed E-state index contributed by atoms with van der Waals surface area (Å²) in [5.41, 5.74) is 1.45. The molecule has 0 aliphatic rings. The van der Waals surface area contributed by atoms with Crippen LogP contribution < -0.4 is 0 Å². The minimum Gasteiger partial charge on any atom is -0.293 e. The maximum atomic E-state index is 12.8. The molecule has 19 heavy (non-hydrogen) atoms. The lowest BCUT2D eigenvalue weighted by Gasteiger charge is -2.05. The fraction of sp³-hybridized carbons (Fsp3) is 0.133. The number of aryl methyl sites for hydroxylation is 1. The van der Waals surface area contributed by atoms with E-state index in [0.29, 0.717) is 10.5 Å². The molecule has 1 atom stereocenters. The first kappa shape index (κ1) is 13.6. The number of benzene rings is 2. The van der Waals surface area contributed by atoms with Gasteiger partial charge in [-0.15, -0.1) is 0 Å². The Kier molecular flexibility index (Phi) is 4.22. The quantitative estimate of drug-likeness (QED) is 0.804. The van der Waals surface area contributed by atoms with Gasteiger partial charge in [0.2, 0.25) is 0 Å². The van der Waals surface area contributed by atoms with Crippen LogP contribution >= 0.6 is 0 Å². The van der Waals surface area contributed by atoms with Gasteiger partial charge >= 0.3 is 0 Å². The van der Waals surface area contributed by atoms with E-state index in [0.717, 1.165) is 5.56 Å². The third-order valence-electron chi connectivity index (χ3n) is 2.78. The van der Waals surface area contributed by atoms with Gasteiger partial charge in [-0.05, 0) is 36.8 Å². The molecule has 0 aliphatic carbocycles. The predicted octanol–water partition coefficient (Wildman–Crippen LogP) is 3.12. The zero-order valence-electron chi connectivity index (χ0n) is 10.4. The van der Waals surface area contributed by atoms with Crippen molar-refractivity contribution < 1.29 is 13.4 Å². The molecule has 0 amide bonds. The van der Waals surface area contributed by atoms with Crippen LogP contribution in [0.25, 0.3) is 0 Å². The summed E-state index contributed by atoms with van der Waals surface area (Å²) in [6, 6.07) is 12.6. The van der Waals surface area contributed by atoms with Crippen LogP contribution in [0.1, 0.15) is 15.9 Å². The summed E-state index contributed by atoms with van der Waals surface area (Å²) < 4.78 is 24.8. The Morgan fingerprint density at radius 3 is 2.37 bits per heavy atom. The molecule has 2 aromatic carbocycles. The highest BCUT2D eigenvalue weighted by Gasteiger charge is 2.13. The molecule has 4 heteroatoms. The van der Waals surface area contributed by atoms with Crippen molar-refractivity contribution in [3.63, 3.8) is 0 Å². The van der Waals surface area contributed by atoms with E-state index in [1.54, 1.807) is 12.1 Å². The van der Waals surface area contributed by atoms with Crippen molar-refractivity contribution in [2.75, 3.05) is 5.75 Å². The predicted molar refractivity (Wildman–Crippen MR) is 73.2 cm³/mol. The van der Waals surface area contributed by atoms with Crippen LogP contribution in [0, 0.1) is 12.7 Å². The Morgan fingerprint density at radius 2 is 1.74 bits per heavy atom. The minimum atomic E-state index is -1.45. The average Bonchev–Trinajstić information content (AvgIpc) is 2.39. The topological polar surface area (TPSA) is 34.1 Å². The number of carbonyl (C=O) groups is 1. The van der Waals surface area contributed by atoms with Crippen molar-refractivity contribution in [1.29, 1.82) is 0 Å². The lowest BCUT2D eigenvalue weighted by molar-refractivity contribution is 0.102. The molecule has 98 valence electrons. The summed E-state index contributed by atoms with van der Waals surface area (Å²) in [5.74, 6) is -0.636. The molecule has 0 radical (unpaired) electrons. The van der Waals surface area contributed by atoms with E-state index < -0.39 is 10.8 Å². The number of hydrogen-bond acceptors (Lipinski definition) is 2. The van der Waals surface area contributed by atoms with Crippen molar-refractivity contribution in [2.24, 2.45) is 0 Å². The normalized spacial score (nSPS) is 12.1. The number of halogens is 1. The van der Waals surface area contributed by atoms with Crippen molar-refractivity contribution in [3.05, 3.63) is 65.5 Å². The third kappa shape index (κ3) is 3.35. The minimum absolute atomic E-state index is 0.0868. The first-order valence-corrected chi connectivity index (χ1v) is 7.12. The molecule has 0 bridgehead atoms. The van der Waals surface area contributed by atoms with Crippen LogP contribution in [0.15, 0.2) is 53.4 Å². The van der Waals surface area contributed by atoms with Gasteiger partial charge in [0, 0.05) is 10.5 Å². The van der Waals surface area contributed by atoms with E-state index in [1.807, 2.05) is 19.1 Å². The van der Waals surface area contributed by atoms with Gasteiger partial charge in [0.25, 0.3) is 0 Å². The molecule has 1 unspecified atom stereocenters. The number of ketones is 1. The molecule has 2 rings (SSSR count). The Bertz CT molecular complexity index is 620. The SMILES string of the molecule is Cc1ccccc1C(=O)CS(=O)c1ccc(F)cc1. The summed E-state index contributed by atoms with van der Waals surface area (Å²) in [4.78, 5) is 12.5. The highest BCUT2D eigenvalue weighted by Crippen LogP contribution is 2.12. The molecule has 2 nitrogen and oxygen atoms in total.